The summed E-state index contributed by atoms with van der Waals surface area (Å²) in [6.45, 7) is 5.66. The first kappa shape index (κ1) is 18.9. The normalized spacial score (nSPS) is 42.4. The molecule has 2 N–H and O–H groups in total. The highest BCUT2D eigenvalue weighted by Gasteiger charge is 2.51. The lowest BCUT2D eigenvalue weighted by molar-refractivity contribution is -0.157. The van der Waals surface area contributed by atoms with Crippen LogP contribution in [-0.2, 0) is 28.5 Å². The zero-order valence-corrected chi connectivity index (χ0v) is 14.2. The number of aliphatic hydroxyl groups is 2. The van der Waals surface area contributed by atoms with E-state index in [1.807, 2.05) is 0 Å². The van der Waals surface area contributed by atoms with Gasteiger partial charge in [0.1, 0.15) is 11.2 Å². The van der Waals surface area contributed by atoms with Crippen molar-refractivity contribution >= 4 is 11.9 Å². The van der Waals surface area contributed by atoms with Crippen LogP contribution in [0.25, 0.3) is 0 Å². The van der Waals surface area contributed by atoms with Crippen LogP contribution in [0.5, 0.6) is 0 Å². The second kappa shape index (κ2) is 6.79. The van der Waals surface area contributed by atoms with Gasteiger partial charge in [-0.3, -0.25) is 9.59 Å². The molecule has 8 heteroatoms. The molecule has 6 atom stereocenters. The summed E-state index contributed by atoms with van der Waals surface area (Å²) >= 11 is 0. The van der Waals surface area contributed by atoms with Crippen LogP contribution < -0.4 is 0 Å². The highest BCUT2D eigenvalue weighted by Crippen LogP contribution is 2.33. The van der Waals surface area contributed by atoms with Gasteiger partial charge in [0, 0.05) is 13.8 Å². The van der Waals surface area contributed by atoms with E-state index in [1.165, 1.54) is 26.0 Å². The Balaban J connectivity index is 2.20. The minimum absolute atomic E-state index is 0.0899. The van der Waals surface area contributed by atoms with Crippen molar-refractivity contribution in [3.63, 3.8) is 0 Å². The van der Waals surface area contributed by atoms with Crippen LogP contribution in [0.4, 0.5) is 0 Å². The second-order valence-corrected chi connectivity index (χ2v) is 6.41. The largest absolute Gasteiger partial charge is 0.456 e. The van der Waals surface area contributed by atoms with Crippen molar-refractivity contribution in [2.75, 3.05) is 13.2 Å². The van der Waals surface area contributed by atoms with E-state index < -0.39 is 47.6 Å². The third kappa shape index (κ3) is 3.77. The minimum atomic E-state index is -1.59. The fraction of sp³-hybridized carbons (Fsp3) is 0.750. The van der Waals surface area contributed by atoms with E-state index in [-0.39, 0.29) is 13.2 Å². The molecule has 2 aliphatic rings. The van der Waals surface area contributed by atoms with Crippen LogP contribution in [0.2, 0.25) is 0 Å². The van der Waals surface area contributed by atoms with E-state index in [0.29, 0.717) is 0 Å². The Morgan fingerprint density at radius 3 is 1.54 bits per heavy atom. The predicted octanol–water partition coefficient (Wildman–Crippen LogP) is -0.294. The smallest absolute Gasteiger partial charge is 0.303 e. The zero-order valence-electron chi connectivity index (χ0n) is 14.2. The molecule has 0 aromatic rings. The number of hydrogen-bond acceptors (Lipinski definition) is 8. The Morgan fingerprint density at radius 1 is 0.917 bits per heavy atom. The number of carbonyl (C=O) groups is 2. The molecule has 0 saturated carbocycles. The fourth-order valence-corrected chi connectivity index (χ4v) is 3.01. The average molecular weight is 344 g/mol. The lowest BCUT2D eigenvalue weighted by Crippen LogP contribution is -2.47. The molecule has 0 aliphatic carbocycles. The number of hydrogen-bond donors (Lipinski definition) is 2. The molecule has 8 nitrogen and oxygen atoms in total. The van der Waals surface area contributed by atoms with Crippen molar-refractivity contribution in [1.82, 2.24) is 0 Å². The summed E-state index contributed by atoms with van der Waals surface area (Å²) in [5, 5.41) is 21.5. The quantitative estimate of drug-likeness (QED) is 0.528. The number of carbonyl (C=O) groups excluding carboxylic acids is 2. The Kier molecular flexibility index (Phi) is 5.34. The first-order chi connectivity index (χ1) is 11.1. The number of esters is 2. The van der Waals surface area contributed by atoms with Gasteiger partial charge in [-0.1, -0.05) is 0 Å². The topological polar surface area (TPSA) is 112 Å². The van der Waals surface area contributed by atoms with E-state index in [2.05, 4.69) is 0 Å². The van der Waals surface area contributed by atoms with E-state index in [9.17, 15) is 19.8 Å². The summed E-state index contributed by atoms with van der Waals surface area (Å²) in [6, 6.07) is 0. The summed E-state index contributed by atoms with van der Waals surface area (Å²) in [6.07, 6.45) is -0.157. The molecule has 0 radical (unpaired) electrons. The van der Waals surface area contributed by atoms with Gasteiger partial charge in [0.05, 0.1) is 25.4 Å². The zero-order chi connectivity index (χ0) is 18.1. The van der Waals surface area contributed by atoms with Crippen molar-refractivity contribution in [1.29, 1.82) is 0 Å². The third-order valence-electron chi connectivity index (χ3n) is 4.24. The molecule has 136 valence electrons. The SMILES string of the molecule is CC(=O)O[C@@H]1[C@@H](C)OC[C@]1(O)/C=C/[C@@]1(O)CO[C@H](C)[C@H]1OC(C)=O. The molecule has 2 aliphatic heterocycles. The highest BCUT2D eigenvalue weighted by molar-refractivity contribution is 5.67. The summed E-state index contributed by atoms with van der Waals surface area (Å²) < 4.78 is 21.0. The van der Waals surface area contributed by atoms with E-state index >= 15 is 0 Å². The van der Waals surface area contributed by atoms with Crippen molar-refractivity contribution in [3.05, 3.63) is 12.2 Å². The fourth-order valence-electron chi connectivity index (χ4n) is 3.01. The molecule has 0 aromatic heterocycles. The molecule has 0 unspecified atom stereocenters. The monoisotopic (exact) mass is 344 g/mol. The molecule has 2 saturated heterocycles. The maximum atomic E-state index is 11.2. The summed E-state index contributed by atoms with van der Waals surface area (Å²) in [5.74, 6) is -1.09. The average Bonchev–Trinajstić information content (AvgIpc) is 2.91. The molecule has 0 amide bonds. The van der Waals surface area contributed by atoms with Gasteiger partial charge in [-0.25, -0.2) is 0 Å². The van der Waals surface area contributed by atoms with Crippen molar-refractivity contribution < 1.29 is 38.7 Å². The molecule has 2 heterocycles. The van der Waals surface area contributed by atoms with Crippen molar-refractivity contribution in [2.24, 2.45) is 0 Å². The molecular weight excluding hydrogens is 320 g/mol. The van der Waals surface area contributed by atoms with E-state index in [4.69, 9.17) is 18.9 Å². The van der Waals surface area contributed by atoms with Gasteiger partial charge in [0.15, 0.2) is 12.2 Å². The Bertz CT molecular complexity index is 486. The highest BCUT2D eigenvalue weighted by atomic mass is 16.6. The molecule has 0 spiro atoms. The van der Waals surface area contributed by atoms with Gasteiger partial charge in [-0.2, -0.15) is 0 Å². The molecular formula is C16H24O8. The molecule has 0 bridgehead atoms. The summed E-state index contributed by atoms with van der Waals surface area (Å²) in [7, 11) is 0. The van der Waals surface area contributed by atoms with E-state index in [1.54, 1.807) is 13.8 Å². The van der Waals surface area contributed by atoms with E-state index in [0.717, 1.165) is 0 Å². The lowest BCUT2D eigenvalue weighted by atomic mass is 9.90. The maximum Gasteiger partial charge on any atom is 0.303 e. The maximum absolute atomic E-state index is 11.2. The second-order valence-electron chi connectivity index (χ2n) is 6.41. The Labute approximate surface area is 140 Å². The Morgan fingerprint density at radius 2 is 1.25 bits per heavy atom. The lowest BCUT2D eigenvalue weighted by Gasteiger charge is -2.29. The summed E-state index contributed by atoms with van der Waals surface area (Å²) in [5.41, 5.74) is -3.18. The van der Waals surface area contributed by atoms with Gasteiger partial charge in [0.25, 0.3) is 0 Å². The first-order valence-electron chi connectivity index (χ1n) is 7.80. The third-order valence-corrected chi connectivity index (χ3v) is 4.24. The van der Waals surface area contributed by atoms with Crippen LogP contribution >= 0.6 is 0 Å². The van der Waals surface area contributed by atoms with Crippen LogP contribution in [-0.4, -0.2) is 71.0 Å². The summed E-state index contributed by atoms with van der Waals surface area (Å²) in [4.78, 5) is 22.5. The molecule has 24 heavy (non-hydrogen) atoms. The van der Waals surface area contributed by atoms with Gasteiger partial charge < -0.3 is 29.2 Å². The van der Waals surface area contributed by atoms with Crippen LogP contribution in [0.1, 0.15) is 27.7 Å². The minimum Gasteiger partial charge on any atom is -0.456 e. The number of rotatable bonds is 4. The van der Waals surface area contributed by atoms with Gasteiger partial charge in [0.2, 0.25) is 0 Å². The van der Waals surface area contributed by atoms with Crippen LogP contribution in [0, 0.1) is 0 Å². The van der Waals surface area contributed by atoms with Gasteiger partial charge in [-0.05, 0) is 26.0 Å². The van der Waals surface area contributed by atoms with Gasteiger partial charge >= 0.3 is 11.9 Å². The standard InChI is InChI=1S/C16H24O8/c1-9-13(23-11(3)17)15(19,7-21-9)5-6-16(20)8-22-10(2)14(16)24-12(4)18/h5-6,9-10,13-14,19-20H,7-8H2,1-4H3/b6-5+/t9-,10-,13-,14-,15-,16-/m1/s1. The van der Waals surface area contributed by atoms with Crippen molar-refractivity contribution in [3.8, 4) is 0 Å². The molecule has 2 rings (SSSR count). The first-order valence-corrected chi connectivity index (χ1v) is 7.80. The van der Waals surface area contributed by atoms with Crippen molar-refractivity contribution in [2.45, 2.75) is 63.3 Å². The number of ether oxygens (including phenoxy) is 4. The van der Waals surface area contributed by atoms with Crippen LogP contribution in [0.15, 0.2) is 12.2 Å². The molecule has 0 aromatic carbocycles. The van der Waals surface area contributed by atoms with Gasteiger partial charge in [-0.15, -0.1) is 0 Å². The predicted molar refractivity (Wildman–Crippen MR) is 81.0 cm³/mol. The Hall–Kier alpha value is -1.48. The van der Waals surface area contributed by atoms with Crippen LogP contribution in [0.3, 0.4) is 0 Å². The molecule has 2 fully saturated rings.